The molecule has 0 saturated carbocycles. The summed E-state index contributed by atoms with van der Waals surface area (Å²) in [5.74, 6) is -0.664. The van der Waals surface area contributed by atoms with Crippen molar-refractivity contribution in [1.82, 2.24) is 20.9 Å². The van der Waals surface area contributed by atoms with Crippen LogP contribution in [0.25, 0.3) is 10.9 Å². The molecule has 1 heterocycles. The number of halogens is 1. The molecule has 9 heteroatoms. The molecule has 0 bridgehead atoms. The second-order valence-corrected chi connectivity index (χ2v) is 9.73. The molecule has 1 aromatic heterocycles. The van der Waals surface area contributed by atoms with Crippen molar-refractivity contribution in [3.05, 3.63) is 70.4 Å². The number of ether oxygens (including phenoxy) is 1. The van der Waals surface area contributed by atoms with Crippen molar-refractivity contribution in [1.29, 1.82) is 0 Å². The summed E-state index contributed by atoms with van der Waals surface area (Å²) in [7, 11) is 0. The Balaban J connectivity index is 1.45. The van der Waals surface area contributed by atoms with Gasteiger partial charge in [-0.15, -0.1) is 0 Å². The van der Waals surface area contributed by atoms with Crippen LogP contribution >= 0.6 is 11.6 Å². The number of carbonyl (C=O) groups is 3. The van der Waals surface area contributed by atoms with Crippen molar-refractivity contribution in [2.75, 3.05) is 6.54 Å². The highest BCUT2D eigenvalue weighted by atomic mass is 35.5. The van der Waals surface area contributed by atoms with Gasteiger partial charge in [0.25, 0.3) is 5.91 Å². The van der Waals surface area contributed by atoms with Gasteiger partial charge in [0.05, 0.1) is 12.1 Å². The smallest absolute Gasteiger partial charge is 0.408 e. The van der Waals surface area contributed by atoms with E-state index >= 15 is 0 Å². The van der Waals surface area contributed by atoms with E-state index in [0.29, 0.717) is 17.1 Å². The third kappa shape index (κ3) is 5.51. The summed E-state index contributed by atoms with van der Waals surface area (Å²) in [6.45, 7) is 5.00. The number of H-pyrrole nitrogens is 1. The lowest BCUT2D eigenvalue weighted by atomic mass is 10.1. The normalized spacial score (nSPS) is 17.2. The molecule has 1 aliphatic carbocycles. The van der Waals surface area contributed by atoms with E-state index in [1.165, 1.54) is 0 Å². The van der Waals surface area contributed by atoms with Gasteiger partial charge in [0, 0.05) is 15.9 Å². The Morgan fingerprint density at radius 3 is 2.62 bits per heavy atom. The van der Waals surface area contributed by atoms with Gasteiger partial charge in [0.15, 0.2) is 0 Å². The standard InChI is InChI=1S/C25H27ClN4O4/c1-25(2,3)34-24(33)27-13-21(31)30-22-17-7-5-4-6-14(17)11-19(22)29-23(32)20-12-15-10-16(26)8-9-18(15)28-20/h4-10,12,19,22,28H,11,13H2,1-3H3,(H,27,33)(H,29,32)(H,30,31)/t19-,22+/m1/s1. The van der Waals surface area contributed by atoms with Crippen LogP contribution < -0.4 is 16.0 Å². The van der Waals surface area contributed by atoms with Crippen LogP contribution in [0.3, 0.4) is 0 Å². The zero-order valence-corrected chi connectivity index (χ0v) is 20.0. The van der Waals surface area contributed by atoms with Crippen LogP contribution in [0, 0.1) is 0 Å². The first kappa shape index (κ1) is 23.6. The molecule has 34 heavy (non-hydrogen) atoms. The molecule has 4 N–H and O–H groups in total. The van der Waals surface area contributed by atoms with Crippen LogP contribution in [-0.2, 0) is 16.0 Å². The number of aromatic amines is 1. The molecule has 0 radical (unpaired) electrons. The Hall–Kier alpha value is -3.52. The summed E-state index contributed by atoms with van der Waals surface area (Å²) in [4.78, 5) is 40.6. The van der Waals surface area contributed by atoms with Gasteiger partial charge in [-0.3, -0.25) is 9.59 Å². The summed E-state index contributed by atoms with van der Waals surface area (Å²) in [6.07, 6.45) is -0.100. The summed E-state index contributed by atoms with van der Waals surface area (Å²) >= 11 is 6.05. The summed E-state index contributed by atoms with van der Waals surface area (Å²) < 4.78 is 5.17. The molecule has 2 aromatic carbocycles. The highest BCUT2D eigenvalue weighted by molar-refractivity contribution is 6.31. The van der Waals surface area contributed by atoms with Gasteiger partial charge >= 0.3 is 6.09 Å². The maximum atomic E-state index is 13.0. The van der Waals surface area contributed by atoms with Crippen LogP contribution in [0.15, 0.2) is 48.5 Å². The van der Waals surface area contributed by atoms with Gasteiger partial charge in [-0.25, -0.2) is 4.79 Å². The first-order valence-corrected chi connectivity index (χ1v) is 11.4. The lowest BCUT2D eigenvalue weighted by molar-refractivity contribution is -0.121. The molecule has 0 fully saturated rings. The van der Waals surface area contributed by atoms with Crippen LogP contribution in [-0.4, -0.2) is 41.1 Å². The molecule has 0 spiro atoms. The molecule has 3 aromatic rings. The molecule has 178 valence electrons. The van der Waals surface area contributed by atoms with E-state index in [4.69, 9.17) is 16.3 Å². The summed E-state index contributed by atoms with van der Waals surface area (Å²) in [6, 6.07) is 14.0. The third-order valence-corrected chi connectivity index (χ3v) is 5.72. The number of benzene rings is 2. The monoisotopic (exact) mass is 482 g/mol. The predicted molar refractivity (Wildman–Crippen MR) is 130 cm³/mol. The number of aromatic nitrogens is 1. The first-order chi connectivity index (χ1) is 16.1. The first-order valence-electron chi connectivity index (χ1n) is 11.0. The maximum absolute atomic E-state index is 13.0. The van der Waals surface area contributed by atoms with Gasteiger partial charge in [0.2, 0.25) is 5.91 Å². The highest BCUT2D eigenvalue weighted by Crippen LogP contribution is 2.31. The molecule has 8 nitrogen and oxygen atoms in total. The van der Waals surface area contributed by atoms with Crippen molar-refractivity contribution in [3.8, 4) is 0 Å². The highest BCUT2D eigenvalue weighted by Gasteiger charge is 2.35. The zero-order chi connectivity index (χ0) is 24.5. The van der Waals surface area contributed by atoms with Crippen molar-refractivity contribution >= 4 is 40.4 Å². The number of rotatable bonds is 5. The summed E-state index contributed by atoms with van der Waals surface area (Å²) in [5, 5.41) is 9.87. The number of fused-ring (bicyclic) bond motifs is 2. The Labute approximate surface area is 202 Å². The number of hydrogen-bond acceptors (Lipinski definition) is 4. The average molecular weight is 483 g/mol. The van der Waals surface area contributed by atoms with Gasteiger partial charge in [-0.1, -0.05) is 35.9 Å². The van der Waals surface area contributed by atoms with Crippen LogP contribution in [0.4, 0.5) is 4.79 Å². The average Bonchev–Trinajstić information content (AvgIpc) is 3.32. The number of alkyl carbamates (subject to hydrolysis) is 1. The van der Waals surface area contributed by atoms with Crippen molar-refractivity contribution in [3.63, 3.8) is 0 Å². The quantitative estimate of drug-likeness (QED) is 0.442. The van der Waals surface area contributed by atoms with Crippen LogP contribution in [0.5, 0.6) is 0 Å². The number of carbonyl (C=O) groups excluding carboxylic acids is 3. The maximum Gasteiger partial charge on any atom is 0.408 e. The summed E-state index contributed by atoms with van der Waals surface area (Å²) in [5.41, 5.74) is 2.53. The Bertz CT molecular complexity index is 1250. The van der Waals surface area contributed by atoms with Gasteiger partial charge in [-0.2, -0.15) is 0 Å². The van der Waals surface area contributed by atoms with E-state index in [9.17, 15) is 14.4 Å². The lowest BCUT2D eigenvalue weighted by Crippen LogP contribution is -2.47. The minimum absolute atomic E-state index is 0.239. The fourth-order valence-corrected chi connectivity index (χ4v) is 4.25. The molecular formula is C25H27ClN4O4. The third-order valence-electron chi connectivity index (χ3n) is 5.48. The second kappa shape index (κ2) is 9.38. The Morgan fingerprint density at radius 2 is 1.85 bits per heavy atom. The molecule has 2 atom stereocenters. The number of nitrogens with one attached hydrogen (secondary N) is 4. The SMILES string of the molecule is CC(C)(C)OC(=O)NCC(=O)N[C@H]1c2ccccc2C[C@H]1NC(=O)c1cc2cc(Cl)ccc2[nH]1. The largest absolute Gasteiger partial charge is 0.444 e. The van der Waals surface area contributed by atoms with E-state index < -0.39 is 17.7 Å². The Morgan fingerprint density at radius 1 is 1.09 bits per heavy atom. The lowest BCUT2D eigenvalue weighted by Gasteiger charge is -2.23. The van der Waals surface area contributed by atoms with Crippen LogP contribution in [0.1, 0.15) is 48.4 Å². The molecular weight excluding hydrogens is 456 g/mol. The van der Waals surface area contributed by atoms with E-state index in [1.807, 2.05) is 30.3 Å². The predicted octanol–water partition coefficient (Wildman–Crippen LogP) is 3.86. The van der Waals surface area contributed by atoms with Crippen molar-refractivity contribution in [2.45, 2.75) is 44.9 Å². The fraction of sp³-hybridized carbons (Fsp3) is 0.320. The minimum Gasteiger partial charge on any atom is -0.444 e. The topological polar surface area (TPSA) is 112 Å². The molecule has 1 aliphatic rings. The molecule has 0 aliphatic heterocycles. The number of amides is 3. The van der Waals surface area contributed by atoms with Crippen LogP contribution in [0.2, 0.25) is 5.02 Å². The van der Waals surface area contributed by atoms with Gasteiger partial charge in [0.1, 0.15) is 17.8 Å². The van der Waals surface area contributed by atoms with Gasteiger partial charge < -0.3 is 25.7 Å². The van der Waals surface area contributed by atoms with Crippen molar-refractivity contribution < 1.29 is 19.1 Å². The van der Waals surface area contributed by atoms with Crippen molar-refractivity contribution in [2.24, 2.45) is 0 Å². The van der Waals surface area contributed by atoms with E-state index in [1.54, 1.807) is 39.0 Å². The van der Waals surface area contributed by atoms with E-state index in [2.05, 4.69) is 20.9 Å². The molecule has 0 saturated heterocycles. The van der Waals surface area contributed by atoms with Gasteiger partial charge in [-0.05, 0) is 62.6 Å². The zero-order valence-electron chi connectivity index (χ0n) is 19.2. The fourth-order valence-electron chi connectivity index (χ4n) is 4.07. The van der Waals surface area contributed by atoms with E-state index in [-0.39, 0.29) is 24.4 Å². The second-order valence-electron chi connectivity index (χ2n) is 9.30. The number of hydrogen-bond donors (Lipinski definition) is 4. The minimum atomic E-state index is -0.668. The van der Waals surface area contributed by atoms with E-state index in [0.717, 1.165) is 22.0 Å². The molecule has 0 unspecified atom stereocenters. The molecule has 3 amide bonds. The Kier molecular flexibility index (Phi) is 6.52. The molecule has 4 rings (SSSR count).